The fraction of sp³-hybridized carbons (Fsp3) is 0.750. The summed E-state index contributed by atoms with van der Waals surface area (Å²) in [5.74, 6) is -0.177. The Bertz CT molecular complexity index is 185. The molecule has 0 aromatic rings. The molecule has 0 unspecified atom stereocenters. The van der Waals surface area contributed by atoms with Crippen LogP contribution in [0.3, 0.4) is 0 Å². The van der Waals surface area contributed by atoms with Crippen molar-refractivity contribution in [2.75, 3.05) is 6.61 Å². The molecule has 2 heteroatoms. The molecular weight excluding hydrogens is 176 g/mol. The van der Waals surface area contributed by atoms with Gasteiger partial charge in [0.15, 0.2) is 0 Å². The predicted molar refractivity (Wildman–Crippen MR) is 57.0 cm³/mol. The highest BCUT2D eigenvalue weighted by atomic mass is 16.5. The molecule has 0 aliphatic carbocycles. The number of carbonyl (C=O) groups is 1. The second kappa shape index (κ2) is 7.60. The molecule has 0 aromatic carbocycles. The topological polar surface area (TPSA) is 26.3 Å². The van der Waals surface area contributed by atoms with E-state index in [0.717, 1.165) is 12.8 Å². The number of esters is 1. The lowest BCUT2D eigenvalue weighted by Crippen LogP contribution is -2.01. The van der Waals surface area contributed by atoms with Crippen LogP contribution in [-0.4, -0.2) is 12.6 Å². The zero-order chi connectivity index (χ0) is 10.1. The van der Waals surface area contributed by atoms with Gasteiger partial charge in [0.05, 0.1) is 6.61 Å². The van der Waals surface area contributed by atoms with Crippen molar-refractivity contribution in [3.63, 3.8) is 0 Å². The van der Waals surface area contributed by atoms with Crippen LogP contribution in [0, 0.1) is 0 Å². The summed E-state index contributed by atoms with van der Waals surface area (Å²) < 4.78 is 5.03. The Hall–Kier alpha value is -0.790. The van der Waals surface area contributed by atoms with E-state index in [1.807, 2.05) is 6.08 Å². The molecule has 2 nitrogen and oxygen atoms in total. The van der Waals surface area contributed by atoms with Gasteiger partial charge in [-0.2, -0.15) is 0 Å². The van der Waals surface area contributed by atoms with Gasteiger partial charge in [-0.05, 0) is 19.3 Å². The first-order valence-corrected chi connectivity index (χ1v) is 5.73. The number of carbonyl (C=O) groups excluding carboxylic acids is 1. The van der Waals surface area contributed by atoms with Gasteiger partial charge in [-0.15, -0.1) is 0 Å². The van der Waals surface area contributed by atoms with E-state index in [2.05, 4.69) is 0 Å². The van der Waals surface area contributed by atoms with Gasteiger partial charge >= 0.3 is 5.97 Å². The van der Waals surface area contributed by atoms with Crippen molar-refractivity contribution in [2.45, 2.75) is 51.4 Å². The van der Waals surface area contributed by atoms with E-state index in [1.54, 1.807) is 6.08 Å². The minimum absolute atomic E-state index is 0.177. The van der Waals surface area contributed by atoms with Gasteiger partial charge in [0.2, 0.25) is 0 Å². The average Bonchev–Trinajstić information content (AvgIpc) is 2.20. The van der Waals surface area contributed by atoms with E-state index in [1.165, 1.54) is 38.5 Å². The zero-order valence-electron chi connectivity index (χ0n) is 8.84. The van der Waals surface area contributed by atoms with Crippen LogP contribution in [0.15, 0.2) is 12.2 Å². The van der Waals surface area contributed by atoms with Crippen LogP contribution in [-0.2, 0) is 9.53 Å². The van der Waals surface area contributed by atoms with Crippen molar-refractivity contribution in [1.82, 2.24) is 0 Å². The highest BCUT2D eigenvalue weighted by molar-refractivity contribution is 5.81. The molecule has 0 amide bonds. The second-order valence-electron chi connectivity index (χ2n) is 3.83. The maximum atomic E-state index is 11.1. The summed E-state index contributed by atoms with van der Waals surface area (Å²) in [5, 5.41) is 0. The minimum atomic E-state index is -0.177. The van der Waals surface area contributed by atoms with Gasteiger partial charge in [0.1, 0.15) is 0 Å². The lowest BCUT2D eigenvalue weighted by atomic mass is 10.1. The Morgan fingerprint density at radius 2 is 1.57 bits per heavy atom. The molecule has 80 valence electrons. The van der Waals surface area contributed by atoms with Crippen molar-refractivity contribution >= 4 is 5.97 Å². The van der Waals surface area contributed by atoms with Gasteiger partial charge < -0.3 is 4.74 Å². The second-order valence-corrected chi connectivity index (χ2v) is 3.83. The molecule has 1 heterocycles. The molecule has 0 aromatic heterocycles. The molecule has 0 atom stereocenters. The van der Waals surface area contributed by atoms with Gasteiger partial charge in [0, 0.05) is 6.08 Å². The van der Waals surface area contributed by atoms with Gasteiger partial charge in [-0.3, -0.25) is 0 Å². The van der Waals surface area contributed by atoms with E-state index in [4.69, 9.17) is 4.74 Å². The van der Waals surface area contributed by atoms with Gasteiger partial charge in [-0.1, -0.05) is 38.2 Å². The lowest BCUT2D eigenvalue weighted by molar-refractivity contribution is -0.137. The van der Waals surface area contributed by atoms with Crippen molar-refractivity contribution < 1.29 is 9.53 Å². The van der Waals surface area contributed by atoms with Crippen molar-refractivity contribution in [1.29, 1.82) is 0 Å². The highest BCUT2D eigenvalue weighted by Gasteiger charge is 1.98. The number of hydrogen-bond acceptors (Lipinski definition) is 2. The number of hydrogen-bond donors (Lipinski definition) is 0. The molecule has 0 spiro atoms. The zero-order valence-corrected chi connectivity index (χ0v) is 8.84. The third kappa shape index (κ3) is 5.79. The third-order valence-corrected chi connectivity index (χ3v) is 2.51. The molecule has 1 rings (SSSR count). The first-order valence-electron chi connectivity index (χ1n) is 5.73. The number of ether oxygens (including phenoxy) is 1. The van der Waals surface area contributed by atoms with E-state index < -0.39 is 0 Å². The molecule has 0 saturated carbocycles. The van der Waals surface area contributed by atoms with Crippen LogP contribution in [0.4, 0.5) is 0 Å². The van der Waals surface area contributed by atoms with Crippen LogP contribution >= 0.6 is 0 Å². The van der Waals surface area contributed by atoms with Gasteiger partial charge in [0.25, 0.3) is 0 Å². The summed E-state index contributed by atoms with van der Waals surface area (Å²) in [4.78, 5) is 11.1. The lowest BCUT2D eigenvalue weighted by Gasteiger charge is -2.01. The maximum Gasteiger partial charge on any atom is 0.330 e. The quantitative estimate of drug-likeness (QED) is 0.556. The Kier molecular flexibility index (Phi) is 6.13. The fourth-order valence-electron chi connectivity index (χ4n) is 1.65. The van der Waals surface area contributed by atoms with Crippen molar-refractivity contribution in [2.24, 2.45) is 0 Å². The Morgan fingerprint density at radius 1 is 0.929 bits per heavy atom. The first kappa shape index (κ1) is 11.3. The van der Waals surface area contributed by atoms with E-state index in [0.29, 0.717) is 6.61 Å². The van der Waals surface area contributed by atoms with Crippen molar-refractivity contribution in [3.8, 4) is 0 Å². The fourth-order valence-corrected chi connectivity index (χ4v) is 1.65. The molecule has 0 N–H and O–H groups in total. The first-order chi connectivity index (χ1) is 6.89. The molecule has 1 aliphatic rings. The Morgan fingerprint density at radius 3 is 2.36 bits per heavy atom. The molecule has 0 bridgehead atoms. The summed E-state index contributed by atoms with van der Waals surface area (Å²) in [6.45, 7) is 0.586. The molecule has 0 fully saturated rings. The van der Waals surface area contributed by atoms with E-state index >= 15 is 0 Å². The van der Waals surface area contributed by atoms with Crippen LogP contribution < -0.4 is 0 Å². The smallest absolute Gasteiger partial charge is 0.330 e. The monoisotopic (exact) mass is 196 g/mol. The predicted octanol–water partition coefficient (Wildman–Crippen LogP) is 3.22. The summed E-state index contributed by atoms with van der Waals surface area (Å²) in [6.07, 6.45) is 13.2. The van der Waals surface area contributed by atoms with Gasteiger partial charge in [-0.25, -0.2) is 4.79 Å². The average molecular weight is 196 g/mol. The van der Waals surface area contributed by atoms with Crippen LogP contribution in [0.5, 0.6) is 0 Å². The van der Waals surface area contributed by atoms with Crippen LogP contribution in [0.1, 0.15) is 51.4 Å². The van der Waals surface area contributed by atoms with E-state index in [9.17, 15) is 4.79 Å². The van der Waals surface area contributed by atoms with Crippen LogP contribution in [0.2, 0.25) is 0 Å². The molecule has 1 aliphatic heterocycles. The van der Waals surface area contributed by atoms with E-state index in [-0.39, 0.29) is 5.97 Å². The van der Waals surface area contributed by atoms with Crippen LogP contribution in [0.25, 0.3) is 0 Å². The maximum absolute atomic E-state index is 11.1. The SMILES string of the molecule is O=C1/C=C/CCCCCCCCCO1. The highest BCUT2D eigenvalue weighted by Crippen LogP contribution is 2.09. The standard InChI is InChI=1S/C12H20O2/c13-12-10-8-6-4-2-1-3-5-7-9-11-14-12/h8,10H,1-7,9,11H2/b10-8+. The number of rotatable bonds is 0. The molecule has 14 heavy (non-hydrogen) atoms. The minimum Gasteiger partial charge on any atom is -0.463 e. The normalized spacial score (nSPS) is 23.9. The summed E-state index contributed by atoms with van der Waals surface area (Å²) >= 11 is 0. The molecule has 0 saturated heterocycles. The molecular formula is C12H20O2. The Labute approximate surface area is 86.3 Å². The summed E-state index contributed by atoms with van der Waals surface area (Å²) in [5.41, 5.74) is 0. The molecule has 0 radical (unpaired) electrons. The summed E-state index contributed by atoms with van der Waals surface area (Å²) in [7, 11) is 0. The largest absolute Gasteiger partial charge is 0.463 e. The number of cyclic esters (lactones) is 1. The third-order valence-electron chi connectivity index (χ3n) is 2.51. The Balaban J connectivity index is 2.24. The van der Waals surface area contributed by atoms with Crippen molar-refractivity contribution in [3.05, 3.63) is 12.2 Å². The summed E-state index contributed by atoms with van der Waals surface area (Å²) in [6, 6.07) is 0. The number of allylic oxidation sites excluding steroid dienone is 1.